The molecule has 0 saturated heterocycles. The number of carbonyl (C=O) groups is 1. The third-order valence-corrected chi connectivity index (χ3v) is 7.22. The minimum atomic E-state index is -1.15. The van der Waals surface area contributed by atoms with Crippen LogP contribution in [0.2, 0.25) is 0 Å². The highest BCUT2D eigenvalue weighted by Crippen LogP contribution is 2.47. The maximum atomic E-state index is 13.6. The molecule has 0 radical (unpaired) electrons. The Bertz CT molecular complexity index is 1390. The van der Waals surface area contributed by atoms with E-state index in [1.807, 2.05) is 42.5 Å². The van der Waals surface area contributed by atoms with E-state index in [4.69, 9.17) is 14.5 Å². The van der Waals surface area contributed by atoms with Gasteiger partial charge in [-0.2, -0.15) is 0 Å². The van der Waals surface area contributed by atoms with Crippen LogP contribution in [0.1, 0.15) is 49.4 Å². The summed E-state index contributed by atoms with van der Waals surface area (Å²) in [6, 6.07) is 15.1. The molecule has 7 heteroatoms. The molecule has 164 valence electrons. The fourth-order valence-corrected chi connectivity index (χ4v) is 5.66. The van der Waals surface area contributed by atoms with Gasteiger partial charge >= 0.3 is 5.97 Å². The van der Waals surface area contributed by atoms with Crippen LogP contribution in [-0.2, 0) is 9.53 Å². The van der Waals surface area contributed by atoms with Crippen molar-refractivity contribution in [3.63, 3.8) is 0 Å². The van der Waals surface area contributed by atoms with E-state index < -0.39 is 23.7 Å². The van der Waals surface area contributed by atoms with Crippen molar-refractivity contribution in [2.24, 2.45) is 10.9 Å². The number of para-hydroxylation sites is 1. The van der Waals surface area contributed by atoms with Gasteiger partial charge in [0.25, 0.3) is 5.56 Å². The lowest BCUT2D eigenvalue weighted by molar-refractivity contribution is -0.158. The zero-order valence-electron chi connectivity index (χ0n) is 18.4. The summed E-state index contributed by atoms with van der Waals surface area (Å²) in [6.07, 6.45) is 1.88. The van der Waals surface area contributed by atoms with Crippen LogP contribution in [0.4, 0.5) is 0 Å². The number of rotatable bonds is 3. The van der Waals surface area contributed by atoms with E-state index in [-0.39, 0.29) is 5.56 Å². The predicted molar refractivity (Wildman–Crippen MR) is 123 cm³/mol. The van der Waals surface area contributed by atoms with Crippen molar-refractivity contribution in [2.75, 3.05) is 7.11 Å². The highest BCUT2D eigenvalue weighted by molar-refractivity contribution is 7.07. The van der Waals surface area contributed by atoms with Crippen LogP contribution >= 0.6 is 11.3 Å². The molecule has 2 aromatic carbocycles. The van der Waals surface area contributed by atoms with Crippen molar-refractivity contribution in [3.05, 3.63) is 84.9 Å². The molecular weight excluding hydrogens is 424 g/mol. The predicted octanol–water partition coefficient (Wildman–Crippen LogP) is 2.98. The van der Waals surface area contributed by atoms with Crippen molar-refractivity contribution < 1.29 is 14.3 Å². The Balaban J connectivity index is 1.72. The zero-order chi connectivity index (χ0) is 22.6. The van der Waals surface area contributed by atoms with Crippen LogP contribution in [0.5, 0.6) is 5.75 Å². The van der Waals surface area contributed by atoms with Gasteiger partial charge in [0.05, 0.1) is 17.7 Å². The van der Waals surface area contributed by atoms with Gasteiger partial charge in [-0.05, 0) is 36.1 Å². The van der Waals surface area contributed by atoms with Crippen molar-refractivity contribution >= 4 is 23.4 Å². The molecule has 2 bridgehead atoms. The molecule has 3 heterocycles. The van der Waals surface area contributed by atoms with E-state index >= 15 is 0 Å². The highest BCUT2D eigenvalue weighted by Gasteiger charge is 2.55. The van der Waals surface area contributed by atoms with Crippen molar-refractivity contribution in [1.82, 2.24) is 4.57 Å². The maximum Gasteiger partial charge on any atom is 0.317 e. The van der Waals surface area contributed by atoms with Gasteiger partial charge < -0.3 is 9.47 Å². The first-order valence-electron chi connectivity index (χ1n) is 10.6. The lowest BCUT2D eigenvalue weighted by atomic mass is 9.81. The molecule has 0 saturated carbocycles. The maximum absolute atomic E-state index is 13.6. The van der Waals surface area contributed by atoms with Crippen molar-refractivity contribution in [1.29, 1.82) is 0 Å². The Hall–Kier alpha value is -3.19. The summed E-state index contributed by atoms with van der Waals surface area (Å²) in [6.45, 7) is 6.07. The number of benzene rings is 2. The van der Waals surface area contributed by atoms with E-state index in [2.05, 4.69) is 26.0 Å². The van der Waals surface area contributed by atoms with E-state index in [9.17, 15) is 9.59 Å². The van der Waals surface area contributed by atoms with E-state index in [1.165, 1.54) is 24.0 Å². The van der Waals surface area contributed by atoms with Crippen molar-refractivity contribution in [2.45, 2.75) is 38.5 Å². The Labute approximate surface area is 189 Å². The monoisotopic (exact) mass is 448 g/mol. The molecule has 3 aromatic rings. The van der Waals surface area contributed by atoms with Crippen LogP contribution in [-0.4, -0.2) is 23.4 Å². The second-order valence-electron chi connectivity index (χ2n) is 8.64. The second kappa shape index (κ2) is 7.45. The Morgan fingerprint density at radius 1 is 1.22 bits per heavy atom. The SMILES string of the molecule is COC(=O)[C@@H]1[C@H]2c3ccccc3O[C@]1(C)N=c1s/c(=C/c3ccc(C(C)C)cc3)c(=O)n12. The normalized spacial score (nSPS) is 23.7. The fourth-order valence-electron chi connectivity index (χ4n) is 4.56. The Morgan fingerprint density at radius 2 is 1.94 bits per heavy atom. The number of nitrogens with zero attached hydrogens (tertiary/aromatic N) is 2. The number of carbonyl (C=O) groups excluding carboxylic acids is 1. The van der Waals surface area contributed by atoms with Gasteiger partial charge in [0, 0.05) is 5.56 Å². The first-order valence-corrected chi connectivity index (χ1v) is 11.4. The highest BCUT2D eigenvalue weighted by atomic mass is 32.1. The smallest absolute Gasteiger partial charge is 0.317 e. The molecular formula is C25H24N2O4S. The molecule has 0 N–H and O–H groups in total. The molecule has 0 aliphatic carbocycles. The summed E-state index contributed by atoms with van der Waals surface area (Å²) in [5.74, 6) is -0.143. The number of ether oxygens (including phenoxy) is 2. The third-order valence-electron chi connectivity index (χ3n) is 6.24. The molecule has 0 amide bonds. The summed E-state index contributed by atoms with van der Waals surface area (Å²) in [5, 5.41) is 0. The summed E-state index contributed by atoms with van der Waals surface area (Å²) in [5.41, 5.74) is 1.65. The summed E-state index contributed by atoms with van der Waals surface area (Å²) < 4.78 is 13.5. The summed E-state index contributed by atoms with van der Waals surface area (Å²) in [4.78, 5) is 31.7. The van der Waals surface area contributed by atoms with Crippen molar-refractivity contribution in [3.8, 4) is 5.75 Å². The standard InChI is InChI=1S/C25H24N2O4S/c1-14(2)16-11-9-15(10-12-16)13-19-22(28)27-21-17-7-5-6-8-18(17)31-25(3,26-24(27)32-19)20(21)23(29)30-4/h5-14,20-21H,1-4H3/b19-13+/t20-,21+,25-/m0/s1. The van der Waals surface area contributed by atoms with Gasteiger partial charge in [0.1, 0.15) is 11.7 Å². The van der Waals surface area contributed by atoms with E-state index in [1.54, 1.807) is 11.5 Å². The fraction of sp³-hybridized carbons (Fsp3) is 0.320. The minimum Gasteiger partial charge on any atom is -0.469 e. The molecule has 0 unspecified atom stereocenters. The average molecular weight is 449 g/mol. The summed E-state index contributed by atoms with van der Waals surface area (Å²) >= 11 is 1.31. The van der Waals surface area contributed by atoms with Crippen LogP contribution < -0.4 is 19.6 Å². The third kappa shape index (κ3) is 3.11. The van der Waals surface area contributed by atoms with Crippen LogP contribution in [0.25, 0.3) is 6.08 Å². The Morgan fingerprint density at radius 3 is 2.62 bits per heavy atom. The molecule has 0 fully saturated rings. The molecule has 1 aromatic heterocycles. The largest absolute Gasteiger partial charge is 0.469 e. The lowest BCUT2D eigenvalue weighted by Gasteiger charge is -2.44. The van der Waals surface area contributed by atoms with Crippen LogP contribution in [0, 0.1) is 5.92 Å². The molecule has 2 aliphatic heterocycles. The molecule has 3 atom stereocenters. The quantitative estimate of drug-likeness (QED) is 0.578. The first-order chi connectivity index (χ1) is 15.3. The van der Waals surface area contributed by atoms with Crippen LogP contribution in [0.3, 0.4) is 0 Å². The first kappa shape index (κ1) is 20.7. The molecule has 32 heavy (non-hydrogen) atoms. The Kier molecular flexibility index (Phi) is 4.82. The number of aromatic nitrogens is 1. The van der Waals surface area contributed by atoms with Gasteiger partial charge in [0.2, 0.25) is 5.72 Å². The average Bonchev–Trinajstić information content (AvgIpc) is 3.06. The number of methoxy groups -OCH3 is 1. The molecule has 0 spiro atoms. The topological polar surface area (TPSA) is 69.9 Å². The number of thiazole rings is 1. The lowest BCUT2D eigenvalue weighted by Crippen LogP contribution is -2.58. The molecule has 5 rings (SSSR count). The van der Waals surface area contributed by atoms with E-state index in [0.717, 1.165) is 11.1 Å². The molecule has 6 nitrogen and oxygen atoms in total. The number of fused-ring (bicyclic) bond motifs is 6. The van der Waals surface area contributed by atoms with E-state index in [0.29, 0.717) is 21.0 Å². The number of hydrogen-bond acceptors (Lipinski definition) is 6. The van der Waals surface area contributed by atoms with Gasteiger partial charge in [-0.25, -0.2) is 4.99 Å². The van der Waals surface area contributed by atoms with Gasteiger partial charge in [0.15, 0.2) is 4.80 Å². The summed E-state index contributed by atoms with van der Waals surface area (Å²) in [7, 11) is 1.35. The second-order valence-corrected chi connectivity index (χ2v) is 9.65. The van der Waals surface area contributed by atoms with Crippen LogP contribution in [0.15, 0.2) is 58.3 Å². The number of esters is 1. The van der Waals surface area contributed by atoms with Gasteiger partial charge in [-0.3, -0.25) is 14.2 Å². The number of hydrogen-bond donors (Lipinski definition) is 0. The zero-order valence-corrected chi connectivity index (χ0v) is 19.2. The minimum absolute atomic E-state index is 0.167. The van der Waals surface area contributed by atoms with Gasteiger partial charge in [-0.1, -0.05) is 67.6 Å². The molecule has 2 aliphatic rings. The van der Waals surface area contributed by atoms with Gasteiger partial charge in [-0.15, -0.1) is 0 Å².